The van der Waals surface area contributed by atoms with Gasteiger partial charge in [0, 0.05) is 112 Å². The minimum atomic E-state index is -3.49. The molecule has 5 heterocycles. The van der Waals surface area contributed by atoms with E-state index in [1.807, 2.05) is 188 Å². The molecule has 388 valence electrons. The van der Waals surface area contributed by atoms with Gasteiger partial charge in [0.25, 0.3) is 0 Å². The number of para-hydroxylation sites is 3. The lowest BCUT2D eigenvalue weighted by Gasteiger charge is -2.21. The van der Waals surface area contributed by atoms with Gasteiger partial charge in [-0.1, -0.05) is 194 Å². The first kappa shape index (κ1) is 49.0. The number of furan rings is 2. The first-order chi connectivity index (χ1) is 40.4. The van der Waals surface area contributed by atoms with Crippen LogP contribution in [0.4, 0.5) is 0 Å². The average molecular weight is 1090 g/mol. The topological polar surface area (TPSA) is 99.1 Å². The molecule has 0 amide bonds. The molecule has 15 aromatic rings. The van der Waals surface area contributed by atoms with Gasteiger partial charge < -0.3 is 18.0 Å². The summed E-state index contributed by atoms with van der Waals surface area (Å²) in [6, 6.07) is 85.1. The quantitative estimate of drug-likeness (QED) is 0.119. The second-order valence-corrected chi connectivity index (χ2v) is 26.1. The van der Waals surface area contributed by atoms with Crippen LogP contribution in [0.2, 0.25) is 0 Å². The molecular weight excluding hydrogens is 1040 g/mol. The summed E-state index contributed by atoms with van der Waals surface area (Å²) in [5.74, 6) is 0. The van der Waals surface area contributed by atoms with Crippen molar-refractivity contribution in [1.82, 2.24) is 15.0 Å². The first-order valence-electron chi connectivity index (χ1n) is 27.1. The van der Waals surface area contributed by atoms with E-state index in [0.29, 0.717) is 15.9 Å². The zero-order valence-corrected chi connectivity index (χ0v) is 45.8. The molecule has 0 aliphatic heterocycles. The lowest BCUT2D eigenvalue weighted by molar-refractivity contribution is 0.591. The lowest BCUT2D eigenvalue weighted by Crippen LogP contribution is -2.25. The highest BCUT2D eigenvalue weighted by Crippen LogP contribution is 2.47. The number of hydrogen-bond donors (Lipinski definition) is 0. The number of fused-ring (bicyclic) bond motifs is 7. The standard InChI is InChI=1S/C73H47N3O4P2/c77-81(56-17-4-1-5-18-56,57-19-6-2-7-20-57)60-41-54(44-74-46-60)62-24-14-28-66-68-43-53(35-36-70(68)79-71(62)66)52-34-33-50-38-49(31-32-51(50)39-52)48-16-12-23-59(40-48)82(78,58-21-8-3-9-22-58)61-42-55(45-75-47-61)63-25-13-26-64-65-27-15-29-67(73(65)80-72(63)64)69-30-10-11-37-76-69/h1-47H. The van der Waals surface area contributed by atoms with Crippen LogP contribution in [0.1, 0.15) is 0 Å². The predicted octanol–water partition coefficient (Wildman–Crippen LogP) is 16.4. The van der Waals surface area contributed by atoms with E-state index >= 15 is 9.13 Å². The Hall–Kier alpha value is -10.0. The Morgan fingerprint density at radius 2 is 0.732 bits per heavy atom. The van der Waals surface area contributed by atoms with Gasteiger partial charge in [-0.25, -0.2) is 0 Å². The van der Waals surface area contributed by atoms with Crippen molar-refractivity contribution < 1.29 is 18.0 Å². The molecule has 1 atom stereocenters. The number of rotatable bonds is 11. The van der Waals surface area contributed by atoms with Crippen molar-refractivity contribution in [3.63, 3.8) is 0 Å². The van der Waals surface area contributed by atoms with Crippen LogP contribution in [0.5, 0.6) is 0 Å². The molecule has 15 rings (SSSR count). The number of pyridine rings is 3. The van der Waals surface area contributed by atoms with E-state index in [4.69, 9.17) is 13.8 Å². The van der Waals surface area contributed by atoms with Crippen LogP contribution >= 0.6 is 14.3 Å². The van der Waals surface area contributed by atoms with E-state index in [1.165, 1.54) is 0 Å². The molecule has 10 aromatic carbocycles. The van der Waals surface area contributed by atoms with Gasteiger partial charge in [0.15, 0.2) is 14.3 Å². The van der Waals surface area contributed by atoms with Crippen molar-refractivity contribution in [2.45, 2.75) is 0 Å². The van der Waals surface area contributed by atoms with E-state index in [0.717, 1.165) is 126 Å². The molecule has 0 saturated heterocycles. The fraction of sp³-hybridized carbons (Fsp3) is 0. The Bertz CT molecular complexity index is 5020. The Kier molecular flexibility index (Phi) is 11.9. The van der Waals surface area contributed by atoms with Crippen molar-refractivity contribution in [2.75, 3.05) is 0 Å². The van der Waals surface area contributed by atoms with Crippen molar-refractivity contribution in [3.05, 3.63) is 286 Å². The van der Waals surface area contributed by atoms with Gasteiger partial charge in [0.2, 0.25) is 0 Å². The Labute approximate surface area is 472 Å². The Morgan fingerprint density at radius 1 is 0.293 bits per heavy atom. The van der Waals surface area contributed by atoms with Crippen LogP contribution < -0.4 is 31.8 Å². The summed E-state index contributed by atoms with van der Waals surface area (Å²) in [4.78, 5) is 14.1. The van der Waals surface area contributed by atoms with E-state index in [2.05, 4.69) is 88.8 Å². The molecule has 1 unspecified atom stereocenters. The summed E-state index contributed by atoms with van der Waals surface area (Å²) in [5, 5.41) is 10.4. The number of benzene rings is 10. The summed E-state index contributed by atoms with van der Waals surface area (Å²) in [5.41, 5.74) is 12.3. The van der Waals surface area contributed by atoms with E-state index in [9.17, 15) is 0 Å². The fourth-order valence-electron chi connectivity index (χ4n) is 11.8. The van der Waals surface area contributed by atoms with Crippen LogP contribution in [0, 0.1) is 0 Å². The van der Waals surface area contributed by atoms with Gasteiger partial charge in [0.1, 0.15) is 22.3 Å². The molecule has 0 spiro atoms. The molecule has 82 heavy (non-hydrogen) atoms. The summed E-state index contributed by atoms with van der Waals surface area (Å²) in [7, 11) is -6.75. The zero-order valence-electron chi connectivity index (χ0n) is 44.0. The fourth-order valence-corrected chi connectivity index (χ4v) is 17.0. The second-order valence-electron chi connectivity index (χ2n) is 20.6. The molecule has 0 N–H and O–H groups in total. The maximum absolute atomic E-state index is 16.2. The van der Waals surface area contributed by atoms with Crippen LogP contribution in [0.25, 0.3) is 110 Å². The van der Waals surface area contributed by atoms with Crippen LogP contribution in [-0.4, -0.2) is 15.0 Å². The third-order valence-corrected chi connectivity index (χ3v) is 21.9. The Morgan fingerprint density at radius 3 is 1.29 bits per heavy atom. The van der Waals surface area contributed by atoms with E-state index in [1.54, 1.807) is 18.6 Å². The lowest BCUT2D eigenvalue weighted by atomic mass is 9.97. The monoisotopic (exact) mass is 1090 g/mol. The molecule has 0 aliphatic rings. The van der Waals surface area contributed by atoms with Crippen LogP contribution in [0.3, 0.4) is 0 Å². The third-order valence-electron chi connectivity index (χ3n) is 15.8. The highest BCUT2D eigenvalue weighted by Gasteiger charge is 2.33. The predicted molar refractivity (Wildman–Crippen MR) is 338 cm³/mol. The molecule has 0 aliphatic carbocycles. The molecule has 0 bridgehead atoms. The number of nitrogens with zero attached hydrogens (tertiary/aromatic N) is 3. The smallest absolute Gasteiger partial charge is 0.172 e. The SMILES string of the molecule is O=P(c1ccccc1)(c1ccccc1)c1cncc(-c2cccc3c2oc2ccc(-c4ccc5cc(-c6cccc(P(=O)(c7ccccc7)c7cncc(-c8cccc9c8oc8c(-c%10ccccn%10)cccc89)c7)c6)ccc5c4)cc23)c1. The zero-order chi connectivity index (χ0) is 54.8. The highest BCUT2D eigenvalue weighted by atomic mass is 31.2. The van der Waals surface area contributed by atoms with Crippen LogP contribution in [0.15, 0.2) is 295 Å². The summed E-state index contributed by atoms with van der Waals surface area (Å²) < 4.78 is 45.0. The molecule has 0 saturated carbocycles. The second kappa shape index (κ2) is 20.0. The third kappa shape index (κ3) is 8.24. The molecule has 0 radical (unpaired) electrons. The molecule has 9 heteroatoms. The normalized spacial score (nSPS) is 12.6. The summed E-state index contributed by atoms with van der Waals surface area (Å²) in [6.45, 7) is 0. The van der Waals surface area contributed by atoms with Gasteiger partial charge in [0.05, 0.1) is 5.69 Å². The summed E-state index contributed by atoms with van der Waals surface area (Å²) in [6.07, 6.45) is 8.91. The average Bonchev–Trinajstić information content (AvgIpc) is 4.22. The molecule has 0 fully saturated rings. The maximum atomic E-state index is 16.2. The largest absolute Gasteiger partial charge is 0.455 e. The van der Waals surface area contributed by atoms with Crippen molar-refractivity contribution in [3.8, 4) is 55.8 Å². The van der Waals surface area contributed by atoms with Crippen molar-refractivity contribution in [2.24, 2.45) is 0 Å². The molecular formula is C73H47N3O4P2. The van der Waals surface area contributed by atoms with Gasteiger partial charge in [-0.05, 0) is 93.7 Å². The minimum absolute atomic E-state index is 0.627. The summed E-state index contributed by atoms with van der Waals surface area (Å²) >= 11 is 0. The van der Waals surface area contributed by atoms with Gasteiger partial charge in [-0.3, -0.25) is 15.0 Å². The number of aromatic nitrogens is 3. The minimum Gasteiger partial charge on any atom is -0.455 e. The van der Waals surface area contributed by atoms with Crippen LogP contribution in [-0.2, 0) is 9.13 Å². The molecule has 5 aromatic heterocycles. The van der Waals surface area contributed by atoms with Gasteiger partial charge in [-0.15, -0.1) is 0 Å². The van der Waals surface area contributed by atoms with Gasteiger partial charge >= 0.3 is 0 Å². The highest BCUT2D eigenvalue weighted by molar-refractivity contribution is 7.85. The Balaban J connectivity index is 0.751. The van der Waals surface area contributed by atoms with Crippen molar-refractivity contribution >= 4 is 101 Å². The maximum Gasteiger partial charge on any atom is 0.172 e. The van der Waals surface area contributed by atoms with E-state index < -0.39 is 14.3 Å². The molecule has 7 nitrogen and oxygen atoms in total. The first-order valence-corrected chi connectivity index (χ1v) is 30.5. The number of hydrogen-bond acceptors (Lipinski definition) is 7. The van der Waals surface area contributed by atoms with Crippen molar-refractivity contribution in [1.29, 1.82) is 0 Å². The van der Waals surface area contributed by atoms with E-state index in [-0.39, 0.29) is 0 Å². The van der Waals surface area contributed by atoms with Gasteiger partial charge in [-0.2, -0.15) is 0 Å².